The zero-order chi connectivity index (χ0) is 26.8. The fourth-order valence-electron chi connectivity index (χ4n) is 5.62. The molecule has 2 atom stereocenters. The zero-order valence-electron chi connectivity index (χ0n) is 22.4. The molecule has 0 spiro atoms. The van der Waals surface area contributed by atoms with Crippen LogP contribution >= 0.6 is 0 Å². The lowest BCUT2D eigenvalue weighted by molar-refractivity contribution is 0.0885. The molecule has 2 aromatic heterocycles. The normalized spacial score (nSPS) is 17.4. The Labute approximate surface area is 226 Å². The van der Waals surface area contributed by atoms with Gasteiger partial charge in [0.2, 0.25) is 6.79 Å². The molecule has 2 aromatic carbocycles. The van der Waals surface area contributed by atoms with E-state index in [2.05, 4.69) is 32.3 Å². The first-order valence-corrected chi connectivity index (χ1v) is 13.7. The predicted molar refractivity (Wildman–Crippen MR) is 146 cm³/mol. The molecular weight excluding hydrogens is 496 g/mol. The zero-order valence-corrected chi connectivity index (χ0v) is 22.4. The molecule has 39 heavy (non-hydrogen) atoms. The molecule has 2 aliphatic rings. The Morgan fingerprint density at radius 2 is 2.05 bits per heavy atom. The number of aromatic nitrogens is 5. The van der Waals surface area contributed by atoms with Crippen molar-refractivity contribution >= 4 is 10.9 Å². The first-order valence-electron chi connectivity index (χ1n) is 13.7. The molecule has 0 amide bonds. The number of hydrogen-bond donors (Lipinski definition) is 1. The molecule has 0 unspecified atom stereocenters. The number of ether oxygens (including phenoxy) is 3. The highest BCUT2D eigenvalue weighted by molar-refractivity contribution is 5.81. The number of benzene rings is 2. The van der Waals surface area contributed by atoms with Crippen LogP contribution in [-0.4, -0.2) is 49.6 Å². The fourth-order valence-corrected chi connectivity index (χ4v) is 5.62. The van der Waals surface area contributed by atoms with E-state index in [0.717, 1.165) is 71.6 Å². The topological polar surface area (TPSA) is 107 Å². The molecule has 204 valence electrons. The second-order valence-corrected chi connectivity index (χ2v) is 10.4. The molecule has 4 heterocycles. The number of rotatable bonds is 10. The van der Waals surface area contributed by atoms with Gasteiger partial charge in [-0.15, -0.1) is 5.10 Å². The summed E-state index contributed by atoms with van der Waals surface area (Å²) in [4.78, 5) is 18.7. The quantitative estimate of drug-likeness (QED) is 0.324. The number of aryl methyl sites for hydroxylation is 1. The summed E-state index contributed by atoms with van der Waals surface area (Å²) in [6, 6.07) is 14.0. The van der Waals surface area contributed by atoms with Crippen molar-refractivity contribution < 1.29 is 14.2 Å². The number of nitrogens with one attached hydrogen (secondary N) is 1. The van der Waals surface area contributed by atoms with Crippen molar-refractivity contribution in [2.75, 3.05) is 13.4 Å². The minimum atomic E-state index is -0.107. The van der Waals surface area contributed by atoms with Crippen molar-refractivity contribution in [3.63, 3.8) is 0 Å². The third kappa shape index (κ3) is 5.39. The van der Waals surface area contributed by atoms with Gasteiger partial charge in [0.15, 0.2) is 17.3 Å². The highest BCUT2D eigenvalue weighted by Gasteiger charge is 2.29. The molecule has 10 heteroatoms. The summed E-state index contributed by atoms with van der Waals surface area (Å²) < 4.78 is 18.9. The van der Waals surface area contributed by atoms with E-state index in [0.29, 0.717) is 25.2 Å². The molecular formula is C29H34N6O4. The van der Waals surface area contributed by atoms with Gasteiger partial charge in [0.25, 0.3) is 5.56 Å². The van der Waals surface area contributed by atoms with Gasteiger partial charge in [0.05, 0.1) is 24.2 Å². The number of nitrogens with zero attached hydrogens (tertiary/aromatic N) is 5. The Morgan fingerprint density at radius 3 is 2.90 bits per heavy atom. The van der Waals surface area contributed by atoms with Gasteiger partial charge in [-0.1, -0.05) is 37.6 Å². The number of tetrazole rings is 1. The van der Waals surface area contributed by atoms with Gasteiger partial charge in [-0.05, 0) is 71.3 Å². The summed E-state index contributed by atoms with van der Waals surface area (Å²) in [5, 5.41) is 13.9. The first kappa shape index (κ1) is 25.5. The van der Waals surface area contributed by atoms with Gasteiger partial charge in [0.1, 0.15) is 0 Å². The lowest BCUT2D eigenvalue weighted by Crippen LogP contribution is -2.33. The molecule has 0 radical (unpaired) electrons. The minimum absolute atomic E-state index is 0.0818. The predicted octanol–water partition coefficient (Wildman–Crippen LogP) is 4.27. The largest absolute Gasteiger partial charge is 0.454 e. The van der Waals surface area contributed by atoms with E-state index in [-0.39, 0.29) is 24.5 Å². The third-order valence-corrected chi connectivity index (χ3v) is 7.62. The lowest BCUT2D eigenvalue weighted by atomic mass is 10.0. The Hall–Kier alpha value is -3.76. The SMILES string of the molecule is CCC[C@@H](c1nnnn1C[C@@H]1CCCO1)N(Cc1ccc2c(c1)OCO2)Cc1cc2cccc(C)c2[nH]c1=O. The highest BCUT2D eigenvalue weighted by atomic mass is 16.7. The van der Waals surface area contributed by atoms with E-state index in [1.54, 1.807) is 0 Å². The van der Waals surface area contributed by atoms with E-state index in [1.807, 2.05) is 54.1 Å². The number of aromatic amines is 1. The maximum absolute atomic E-state index is 13.3. The van der Waals surface area contributed by atoms with Gasteiger partial charge < -0.3 is 19.2 Å². The lowest BCUT2D eigenvalue weighted by Gasteiger charge is -2.31. The van der Waals surface area contributed by atoms with Crippen LogP contribution in [-0.2, 0) is 24.4 Å². The van der Waals surface area contributed by atoms with Crippen molar-refractivity contribution in [2.45, 2.75) is 71.3 Å². The van der Waals surface area contributed by atoms with Gasteiger partial charge >= 0.3 is 0 Å². The first-order chi connectivity index (χ1) is 19.1. The highest BCUT2D eigenvalue weighted by Crippen LogP contribution is 2.35. The van der Waals surface area contributed by atoms with Crippen LogP contribution < -0.4 is 15.0 Å². The molecule has 1 N–H and O–H groups in total. The standard InChI is InChI=1S/C29H34N6O4/c1-3-6-24(28-31-32-33-35(28)17-23-9-5-12-37-23)34(15-20-10-11-25-26(13-20)39-18-38-25)16-22-14-21-8-4-7-19(2)27(21)30-29(22)36/h4,7-8,10-11,13-14,23-24H,3,5-6,9,12,15-18H2,1-2H3,(H,30,36)/t23-,24-/m0/s1. The van der Waals surface area contributed by atoms with Crippen molar-refractivity contribution in [1.82, 2.24) is 30.1 Å². The summed E-state index contributed by atoms with van der Waals surface area (Å²) in [5.41, 5.74) is 3.60. The van der Waals surface area contributed by atoms with Gasteiger partial charge in [-0.25, -0.2) is 4.68 Å². The molecule has 1 saturated heterocycles. The Balaban J connectivity index is 1.37. The van der Waals surface area contributed by atoms with Gasteiger partial charge in [-0.2, -0.15) is 0 Å². The summed E-state index contributed by atoms with van der Waals surface area (Å²) in [6.07, 6.45) is 3.94. The Morgan fingerprint density at radius 1 is 1.15 bits per heavy atom. The number of para-hydroxylation sites is 1. The summed E-state index contributed by atoms with van der Waals surface area (Å²) in [6.45, 7) is 6.81. The van der Waals surface area contributed by atoms with Crippen molar-refractivity contribution in [1.29, 1.82) is 0 Å². The molecule has 0 aliphatic carbocycles. The third-order valence-electron chi connectivity index (χ3n) is 7.62. The second kappa shape index (κ2) is 11.2. The van der Waals surface area contributed by atoms with Crippen LogP contribution in [0.1, 0.15) is 61.2 Å². The van der Waals surface area contributed by atoms with Crippen molar-refractivity contribution in [3.8, 4) is 11.5 Å². The van der Waals surface area contributed by atoms with E-state index in [1.165, 1.54) is 0 Å². The number of pyridine rings is 1. The van der Waals surface area contributed by atoms with E-state index >= 15 is 0 Å². The number of hydrogen-bond acceptors (Lipinski definition) is 8. The van der Waals surface area contributed by atoms with Crippen LogP contribution in [0.25, 0.3) is 10.9 Å². The fraction of sp³-hybridized carbons (Fsp3) is 0.448. The molecule has 4 aromatic rings. The monoisotopic (exact) mass is 530 g/mol. The van der Waals surface area contributed by atoms with Crippen LogP contribution in [0.5, 0.6) is 11.5 Å². The molecule has 0 saturated carbocycles. The Kier molecular flexibility index (Phi) is 7.30. The van der Waals surface area contributed by atoms with Crippen LogP contribution in [0, 0.1) is 6.92 Å². The molecule has 2 aliphatic heterocycles. The molecule has 10 nitrogen and oxygen atoms in total. The summed E-state index contributed by atoms with van der Waals surface area (Å²) in [7, 11) is 0. The van der Waals surface area contributed by atoms with E-state index < -0.39 is 0 Å². The van der Waals surface area contributed by atoms with Crippen LogP contribution in [0.15, 0.2) is 47.3 Å². The maximum Gasteiger partial charge on any atom is 0.252 e. The van der Waals surface area contributed by atoms with E-state index in [9.17, 15) is 4.79 Å². The van der Waals surface area contributed by atoms with Crippen LogP contribution in [0.2, 0.25) is 0 Å². The minimum Gasteiger partial charge on any atom is -0.454 e. The van der Waals surface area contributed by atoms with Crippen molar-refractivity contribution in [2.24, 2.45) is 0 Å². The Bertz CT molecular complexity index is 1510. The molecule has 1 fully saturated rings. The molecule has 0 bridgehead atoms. The summed E-state index contributed by atoms with van der Waals surface area (Å²) in [5.74, 6) is 2.28. The summed E-state index contributed by atoms with van der Waals surface area (Å²) >= 11 is 0. The van der Waals surface area contributed by atoms with Crippen molar-refractivity contribution in [3.05, 3.63) is 75.3 Å². The van der Waals surface area contributed by atoms with E-state index in [4.69, 9.17) is 14.2 Å². The van der Waals surface area contributed by atoms with Crippen LogP contribution in [0.4, 0.5) is 0 Å². The van der Waals surface area contributed by atoms with Gasteiger partial charge in [-0.3, -0.25) is 9.69 Å². The van der Waals surface area contributed by atoms with Gasteiger partial charge in [0, 0.05) is 25.3 Å². The average Bonchev–Trinajstić information content (AvgIpc) is 3.71. The maximum atomic E-state index is 13.3. The number of fused-ring (bicyclic) bond motifs is 2. The second-order valence-electron chi connectivity index (χ2n) is 10.4. The smallest absolute Gasteiger partial charge is 0.252 e. The molecule has 6 rings (SSSR count). The van der Waals surface area contributed by atoms with Crippen LogP contribution in [0.3, 0.4) is 0 Å². The average molecular weight is 531 g/mol. The number of H-pyrrole nitrogens is 1.